The second-order valence-corrected chi connectivity index (χ2v) is 5.09. The van der Waals surface area contributed by atoms with E-state index in [2.05, 4.69) is 5.32 Å². The molecule has 7 heteroatoms. The summed E-state index contributed by atoms with van der Waals surface area (Å²) in [7, 11) is 0. The van der Waals surface area contributed by atoms with Crippen molar-refractivity contribution in [1.29, 1.82) is 0 Å². The minimum atomic E-state index is -1.20. The summed E-state index contributed by atoms with van der Waals surface area (Å²) in [5.74, 6) is -0.998. The number of nitro benzene ring substituents is 1. The van der Waals surface area contributed by atoms with Gasteiger partial charge in [0.2, 0.25) is 0 Å². The van der Waals surface area contributed by atoms with Crippen LogP contribution in [0.25, 0.3) is 0 Å². The van der Waals surface area contributed by atoms with Crippen molar-refractivity contribution in [2.45, 2.75) is 26.7 Å². The molecular formula is C14H20N2O5. The third-order valence-corrected chi connectivity index (χ3v) is 3.32. The fourth-order valence-electron chi connectivity index (χ4n) is 1.96. The minimum absolute atomic E-state index is 0.112. The van der Waals surface area contributed by atoms with Crippen molar-refractivity contribution in [2.75, 3.05) is 18.5 Å². The fourth-order valence-corrected chi connectivity index (χ4v) is 1.96. The Morgan fingerprint density at radius 2 is 2.14 bits per heavy atom. The number of carboxylic acids is 1. The molecule has 21 heavy (non-hydrogen) atoms. The largest absolute Gasteiger partial charge is 0.478 e. The van der Waals surface area contributed by atoms with Gasteiger partial charge in [-0.1, -0.05) is 6.92 Å². The van der Waals surface area contributed by atoms with E-state index in [-0.39, 0.29) is 23.8 Å². The summed E-state index contributed by atoms with van der Waals surface area (Å²) < 4.78 is 0. The van der Waals surface area contributed by atoms with E-state index >= 15 is 0 Å². The summed E-state index contributed by atoms with van der Waals surface area (Å²) in [6.45, 7) is 4.20. The first-order valence-corrected chi connectivity index (χ1v) is 6.73. The lowest BCUT2D eigenvalue weighted by Crippen LogP contribution is -2.09. The van der Waals surface area contributed by atoms with Gasteiger partial charge >= 0.3 is 5.97 Å². The molecule has 0 fully saturated rings. The molecule has 0 aliphatic carbocycles. The van der Waals surface area contributed by atoms with Gasteiger partial charge in [0, 0.05) is 30.5 Å². The van der Waals surface area contributed by atoms with E-state index < -0.39 is 10.9 Å². The molecule has 0 saturated heterocycles. The predicted molar refractivity (Wildman–Crippen MR) is 78.8 cm³/mol. The van der Waals surface area contributed by atoms with E-state index in [1.165, 1.54) is 6.07 Å². The number of nitrogens with one attached hydrogen (secondary N) is 1. The standard InChI is InChI=1S/C14H20N2O5/c1-9(8-17)4-3-5-15-12-6-11(14(18)19)7-13(10(12)2)16(20)21/h6-7,9,15,17H,3-5,8H2,1-2H3,(H,18,19). The van der Waals surface area contributed by atoms with Crippen molar-refractivity contribution in [3.05, 3.63) is 33.4 Å². The number of aliphatic hydroxyl groups is 1. The third kappa shape index (κ3) is 4.71. The molecule has 0 spiro atoms. The molecular weight excluding hydrogens is 276 g/mol. The number of nitrogens with zero attached hydrogens (tertiary/aromatic N) is 1. The van der Waals surface area contributed by atoms with Gasteiger partial charge in [-0.25, -0.2) is 4.79 Å². The number of benzene rings is 1. The second-order valence-electron chi connectivity index (χ2n) is 5.09. The van der Waals surface area contributed by atoms with E-state index in [4.69, 9.17) is 10.2 Å². The van der Waals surface area contributed by atoms with Gasteiger partial charge in [-0.05, 0) is 31.7 Å². The lowest BCUT2D eigenvalue weighted by molar-refractivity contribution is -0.385. The molecule has 1 atom stereocenters. The number of hydrogen-bond acceptors (Lipinski definition) is 5. The highest BCUT2D eigenvalue weighted by Crippen LogP contribution is 2.28. The molecule has 1 aromatic rings. The Balaban J connectivity index is 2.85. The van der Waals surface area contributed by atoms with E-state index in [0.29, 0.717) is 17.8 Å². The van der Waals surface area contributed by atoms with Crippen molar-refractivity contribution in [2.24, 2.45) is 5.92 Å². The molecule has 0 bridgehead atoms. The number of rotatable bonds is 8. The number of nitro groups is 1. The molecule has 1 rings (SSSR count). The van der Waals surface area contributed by atoms with Crippen LogP contribution in [0.3, 0.4) is 0 Å². The first kappa shape index (κ1) is 16.9. The minimum Gasteiger partial charge on any atom is -0.478 e. The second kappa shape index (κ2) is 7.58. The van der Waals surface area contributed by atoms with E-state index in [9.17, 15) is 14.9 Å². The average Bonchev–Trinajstić information content (AvgIpc) is 2.43. The van der Waals surface area contributed by atoms with Gasteiger partial charge in [0.25, 0.3) is 5.69 Å². The van der Waals surface area contributed by atoms with Crippen LogP contribution < -0.4 is 5.32 Å². The monoisotopic (exact) mass is 296 g/mol. The van der Waals surface area contributed by atoms with Crippen LogP contribution in [0.4, 0.5) is 11.4 Å². The zero-order chi connectivity index (χ0) is 16.0. The number of hydrogen-bond donors (Lipinski definition) is 3. The third-order valence-electron chi connectivity index (χ3n) is 3.32. The lowest BCUT2D eigenvalue weighted by Gasteiger charge is -2.12. The van der Waals surface area contributed by atoms with Crippen molar-refractivity contribution < 1.29 is 19.9 Å². The molecule has 0 saturated carbocycles. The lowest BCUT2D eigenvalue weighted by atomic mass is 10.1. The predicted octanol–water partition coefficient (Wildman–Crippen LogP) is 2.42. The highest BCUT2D eigenvalue weighted by atomic mass is 16.6. The molecule has 0 heterocycles. The summed E-state index contributed by atoms with van der Waals surface area (Å²) >= 11 is 0. The molecule has 0 amide bonds. The Kier molecular flexibility index (Phi) is 6.10. The summed E-state index contributed by atoms with van der Waals surface area (Å²) in [4.78, 5) is 21.4. The van der Waals surface area contributed by atoms with Gasteiger partial charge in [0.05, 0.1) is 10.5 Å². The Bertz CT molecular complexity index is 530. The van der Waals surface area contributed by atoms with E-state index in [0.717, 1.165) is 18.9 Å². The molecule has 1 aromatic carbocycles. The van der Waals surface area contributed by atoms with E-state index in [1.54, 1.807) is 6.92 Å². The molecule has 0 radical (unpaired) electrons. The molecule has 3 N–H and O–H groups in total. The molecule has 0 aliphatic heterocycles. The Morgan fingerprint density at radius 1 is 1.48 bits per heavy atom. The smallest absolute Gasteiger partial charge is 0.336 e. The van der Waals surface area contributed by atoms with Crippen molar-refractivity contribution in [1.82, 2.24) is 0 Å². The van der Waals surface area contributed by atoms with Gasteiger partial charge in [0.1, 0.15) is 0 Å². The SMILES string of the molecule is Cc1c(NCCCC(C)CO)cc(C(=O)O)cc1[N+](=O)[O-]. The van der Waals surface area contributed by atoms with Crippen molar-refractivity contribution >= 4 is 17.3 Å². The summed E-state index contributed by atoms with van der Waals surface area (Å²) in [6.07, 6.45) is 1.61. The molecule has 116 valence electrons. The van der Waals surface area contributed by atoms with Crippen LogP contribution in [0, 0.1) is 23.0 Å². The molecule has 0 aromatic heterocycles. The Labute approximate surface area is 122 Å². The van der Waals surface area contributed by atoms with Crippen LogP contribution >= 0.6 is 0 Å². The van der Waals surface area contributed by atoms with Crippen LogP contribution in [-0.4, -0.2) is 34.3 Å². The first-order valence-electron chi connectivity index (χ1n) is 6.73. The van der Waals surface area contributed by atoms with E-state index in [1.807, 2.05) is 6.92 Å². The summed E-state index contributed by atoms with van der Waals surface area (Å²) in [5, 5.41) is 31.9. The molecule has 7 nitrogen and oxygen atoms in total. The maximum Gasteiger partial charge on any atom is 0.336 e. The van der Waals surface area contributed by atoms with Crippen LogP contribution in [0.2, 0.25) is 0 Å². The highest BCUT2D eigenvalue weighted by Gasteiger charge is 2.18. The van der Waals surface area contributed by atoms with Crippen LogP contribution in [0.15, 0.2) is 12.1 Å². The zero-order valence-electron chi connectivity index (χ0n) is 12.1. The average molecular weight is 296 g/mol. The quantitative estimate of drug-likeness (QED) is 0.386. The van der Waals surface area contributed by atoms with Gasteiger partial charge in [-0.2, -0.15) is 0 Å². The summed E-state index contributed by atoms with van der Waals surface area (Å²) in [5.41, 5.74) is 0.554. The van der Waals surface area contributed by atoms with Gasteiger partial charge in [-0.3, -0.25) is 10.1 Å². The maximum atomic E-state index is 11.0. The van der Waals surface area contributed by atoms with Gasteiger partial charge in [-0.15, -0.1) is 0 Å². The summed E-state index contributed by atoms with van der Waals surface area (Å²) in [6, 6.07) is 2.47. The van der Waals surface area contributed by atoms with Crippen LogP contribution in [-0.2, 0) is 0 Å². The number of carbonyl (C=O) groups is 1. The normalized spacial score (nSPS) is 12.0. The Hall–Kier alpha value is -2.15. The molecule has 0 aliphatic rings. The van der Waals surface area contributed by atoms with Crippen LogP contribution in [0.5, 0.6) is 0 Å². The highest BCUT2D eigenvalue weighted by molar-refractivity contribution is 5.90. The number of carboxylic acid groups (broad SMARTS) is 1. The van der Waals surface area contributed by atoms with Gasteiger partial charge in [0.15, 0.2) is 0 Å². The maximum absolute atomic E-state index is 11.0. The number of aliphatic hydroxyl groups excluding tert-OH is 1. The first-order chi connectivity index (χ1) is 9.86. The molecule has 1 unspecified atom stereocenters. The van der Waals surface area contributed by atoms with Crippen molar-refractivity contribution in [3.8, 4) is 0 Å². The van der Waals surface area contributed by atoms with Crippen molar-refractivity contribution in [3.63, 3.8) is 0 Å². The van der Waals surface area contributed by atoms with Crippen LogP contribution in [0.1, 0.15) is 35.7 Å². The zero-order valence-corrected chi connectivity index (χ0v) is 12.1. The fraction of sp³-hybridized carbons (Fsp3) is 0.500. The number of anilines is 1. The Morgan fingerprint density at radius 3 is 2.67 bits per heavy atom. The topological polar surface area (TPSA) is 113 Å². The number of aromatic carboxylic acids is 1. The van der Waals surface area contributed by atoms with Gasteiger partial charge < -0.3 is 15.5 Å².